The molecule has 0 radical (unpaired) electrons. The Kier molecular flexibility index (Phi) is 4.50. The molecule has 1 N–H and O–H groups in total. The van der Waals surface area contributed by atoms with Crippen molar-refractivity contribution >= 4 is 49.6 Å². The molecule has 0 bridgehead atoms. The molecule has 0 spiro atoms. The molecule has 0 atom stereocenters. The zero-order valence-electron chi connectivity index (χ0n) is 17.9. The zero-order chi connectivity index (χ0) is 21.7. The third-order valence-electron chi connectivity index (χ3n) is 5.75. The van der Waals surface area contributed by atoms with Gasteiger partial charge in [-0.2, -0.15) is 0 Å². The number of hydrogen-bond donors (Lipinski definition) is 1. The Morgan fingerprint density at radius 3 is 2.56 bits per heavy atom. The van der Waals surface area contributed by atoms with E-state index in [4.69, 9.17) is 9.97 Å². The third kappa shape index (κ3) is 3.44. The largest absolute Gasteiger partial charge is 0.377 e. The zero-order valence-corrected chi connectivity index (χ0v) is 18.7. The molecule has 4 heterocycles. The first-order chi connectivity index (χ1) is 15.7. The number of nitrogens with zero attached hydrogens (tertiary/aromatic N) is 5. The fourth-order valence-corrected chi connectivity index (χ4v) is 5.13. The molecule has 1 aliphatic carbocycles. The van der Waals surface area contributed by atoms with Crippen molar-refractivity contribution in [3.8, 4) is 11.3 Å². The van der Waals surface area contributed by atoms with Gasteiger partial charge in [-0.1, -0.05) is 0 Å². The van der Waals surface area contributed by atoms with Gasteiger partial charge < -0.3 is 10.2 Å². The second-order valence-corrected chi connectivity index (χ2v) is 9.41. The van der Waals surface area contributed by atoms with Gasteiger partial charge in [0.2, 0.25) is 0 Å². The predicted molar refractivity (Wildman–Crippen MR) is 132 cm³/mol. The molecular formula is C25H22N6S. The van der Waals surface area contributed by atoms with E-state index in [0.717, 1.165) is 44.9 Å². The van der Waals surface area contributed by atoms with Crippen LogP contribution in [0.2, 0.25) is 0 Å². The summed E-state index contributed by atoms with van der Waals surface area (Å²) in [5.74, 6) is 1.46. The Balaban J connectivity index is 1.49. The molecule has 6 rings (SSSR count). The standard InChI is InChI=1S/C25H22N6S/c1-31(2)21-9-12-27-20-14-19(15-7-10-26-11-8-15)29-24(23(20)21)28-17-5-6-18-22(13-17)32-25(30-18)16-3-4-16/h5-14,16H,3-4H2,1-2H3,(H,28,29). The summed E-state index contributed by atoms with van der Waals surface area (Å²) >= 11 is 1.81. The molecule has 6 nitrogen and oxygen atoms in total. The summed E-state index contributed by atoms with van der Waals surface area (Å²) in [5, 5.41) is 5.85. The average molecular weight is 439 g/mol. The number of aromatic nitrogens is 4. The van der Waals surface area contributed by atoms with Crippen molar-refractivity contribution in [2.75, 3.05) is 24.3 Å². The number of hydrogen-bond acceptors (Lipinski definition) is 7. The molecule has 4 aromatic heterocycles. The minimum absolute atomic E-state index is 0.667. The van der Waals surface area contributed by atoms with Crippen LogP contribution in [0, 0.1) is 0 Å². The molecule has 1 saturated carbocycles. The molecule has 0 unspecified atom stereocenters. The van der Waals surface area contributed by atoms with E-state index in [0.29, 0.717) is 5.92 Å². The molecule has 1 fully saturated rings. The molecule has 0 amide bonds. The number of fused-ring (bicyclic) bond motifs is 2. The first-order valence-corrected chi connectivity index (χ1v) is 11.5. The molecule has 5 aromatic rings. The van der Waals surface area contributed by atoms with E-state index in [1.54, 1.807) is 23.7 Å². The Morgan fingerprint density at radius 1 is 0.938 bits per heavy atom. The van der Waals surface area contributed by atoms with Gasteiger partial charge in [0, 0.05) is 49.9 Å². The van der Waals surface area contributed by atoms with Crippen molar-refractivity contribution in [1.29, 1.82) is 0 Å². The number of benzene rings is 1. The minimum atomic E-state index is 0.667. The molecule has 32 heavy (non-hydrogen) atoms. The van der Waals surface area contributed by atoms with Crippen LogP contribution in [0.1, 0.15) is 23.8 Å². The van der Waals surface area contributed by atoms with Crippen molar-refractivity contribution in [3.63, 3.8) is 0 Å². The molecule has 1 aromatic carbocycles. The monoisotopic (exact) mass is 438 g/mol. The Labute approximate surface area is 190 Å². The second kappa shape index (κ2) is 7.53. The summed E-state index contributed by atoms with van der Waals surface area (Å²) in [6.45, 7) is 0. The van der Waals surface area contributed by atoms with Gasteiger partial charge in [-0.25, -0.2) is 9.97 Å². The lowest BCUT2D eigenvalue weighted by Gasteiger charge is -2.18. The molecule has 0 saturated heterocycles. The highest BCUT2D eigenvalue weighted by molar-refractivity contribution is 7.18. The molecule has 1 aliphatic rings. The number of pyridine rings is 3. The van der Waals surface area contributed by atoms with Crippen molar-refractivity contribution in [1.82, 2.24) is 19.9 Å². The van der Waals surface area contributed by atoms with Crippen LogP contribution >= 0.6 is 11.3 Å². The summed E-state index contributed by atoms with van der Waals surface area (Å²) in [5.41, 5.74) is 5.91. The molecular weight excluding hydrogens is 416 g/mol. The Hall–Kier alpha value is -3.58. The van der Waals surface area contributed by atoms with Crippen LogP contribution in [0.5, 0.6) is 0 Å². The summed E-state index contributed by atoms with van der Waals surface area (Å²) in [6, 6.07) is 14.4. The fourth-order valence-electron chi connectivity index (χ4n) is 3.95. The number of anilines is 3. The van der Waals surface area contributed by atoms with E-state index < -0.39 is 0 Å². The van der Waals surface area contributed by atoms with Crippen LogP contribution in [0.25, 0.3) is 32.4 Å². The van der Waals surface area contributed by atoms with Gasteiger partial charge in [-0.15, -0.1) is 11.3 Å². The summed E-state index contributed by atoms with van der Waals surface area (Å²) in [4.78, 5) is 20.7. The van der Waals surface area contributed by atoms with Gasteiger partial charge in [0.15, 0.2) is 0 Å². The van der Waals surface area contributed by atoms with Crippen LogP contribution in [-0.2, 0) is 0 Å². The lowest BCUT2D eigenvalue weighted by atomic mass is 10.1. The average Bonchev–Trinajstić information content (AvgIpc) is 3.58. The maximum absolute atomic E-state index is 5.02. The number of nitrogens with one attached hydrogen (secondary N) is 1. The van der Waals surface area contributed by atoms with Gasteiger partial charge in [0.1, 0.15) is 5.82 Å². The first kappa shape index (κ1) is 19.1. The summed E-state index contributed by atoms with van der Waals surface area (Å²) < 4.78 is 1.21. The van der Waals surface area contributed by atoms with Gasteiger partial charge in [0.05, 0.1) is 37.5 Å². The SMILES string of the molecule is CN(C)c1ccnc2cc(-c3ccncc3)nc(Nc3ccc4nc(C5CC5)sc4c3)c12. The Morgan fingerprint density at radius 2 is 1.78 bits per heavy atom. The summed E-state index contributed by atoms with van der Waals surface area (Å²) in [6.07, 6.45) is 7.95. The van der Waals surface area contributed by atoms with E-state index in [1.807, 2.05) is 44.6 Å². The molecule has 158 valence electrons. The van der Waals surface area contributed by atoms with Gasteiger partial charge in [-0.3, -0.25) is 9.97 Å². The second-order valence-electron chi connectivity index (χ2n) is 8.34. The quantitative estimate of drug-likeness (QED) is 0.364. The van der Waals surface area contributed by atoms with Crippen LogP contribution in [-0.4, -0.2) is 34.0 Å². The fraction of sp³-hybridized carbons (Fsp3) is 0.200. The van der Waals surface area contributed by atoms with Crippen LogP contribution in [0.4, 0.5) is 17.2 Å². The molecule has 0 aliphatic heterocycles. The van der Waals surface area contributed by atoms with Crippen molar-refractivity contribution < 1.29 is 0 Å². The van der Waals surface area contributed by atoms with Crippen LogP contribution in [0.3, 0.4) is 0 Å². The van der Waals surface area contributed by atoms with Gasteiger partial charge in [-0.05, 0) is 55.3 Å². The van der Waals surface area contributed by atoms with Crippen LogP contribution < -0.4 is 10.2 Å². The topological polar surface area (TPSA) is 66.8 Å². The lowest BCUT2D eigenvalue weighted by Crippen LogP contribution is -2.10. The smallest absolute Gasteiger partial charge is 0.142 e. The predicted octanol–water partition coefficient (Wildman–Crippen LogP) is 5.99. The highest BCUT2D eigenvalue weighted by atomic mass is 32.1. The lowest BCUT2D eigenvalue weighted by molar-refractivity contribution is 1.10. The molecule has 7 heteroatoms. The van der Waals surface area contributed by atoms with E-state index >= 15 is 0 Å². The maximum Gasteiger partial charge on any atom is 0.142 e. The highest BCUT2D eigenvalue weighted by Crippen LogP contribution is 2.43. The third-order valence-corrected chi connectivity index (χ3v) is 6.93. The van der Waals surface area contributed by atoms with Crippen molar-refractivity contribution in [3.05, 3.63) is 66.1 Å². The Bertz CT molecular complexity index is 1440. The normalized spacial score (nSPS) is 13.6. The van der Waals surface area contributed by atoms with E-state index in [2.05, 4.69) is 38.4 Å². The van der Waals surface area contributed by atoms with Gasteiger partial charge in [0.25, 0.3) is 0 Å². The van der Waals surface area contributed by atoms with Crippen LogP contribution in [0.15, 0.2) is 61.1 Å². The first-order valence-electron chi connectivity index (χ1n) is 10.7. The van der Waals surface area contributed by atoms with Crippen molar-refractivity contribution in [2.24, 2.45) is 0 Å². The highest BCUT2D eigenvalue weighted by Gasteiger charge is 2.27. The maximum atomic E-state index is 5.02. The minimum Gasteiger partial charge on any atom is -0.377 e. The number of thiazole rings is 1. The van der Waals surface area contributed by atoms with E-state index in [-0.39, 0.29) is 0 Å². The van der Waals surface area contributed by atoms with Crippen molar-refractivity contribution in [2.45, 2.75) is 18.8 Å². The number of rotatable bonds is 5. The van der Waals surface area contributed by atoms with Gasteiger partial charge >= 0.3 is 0 Å². The summed E-state index contributed by atoms with van der Waals surface area (Å²) in [7, 11) is 4.08. The van der Waals surface area contributed by atoms with E-state index in [9.17, 15) is 0 Å². The van der Waals surface area contributed by atoms with E-state index in [1.165, 1.54) is 22.5 Å².